The Labute approximate surface area is 626 Å². The SMILES string of the molecule is [2H]c1c([2H])c([2H])c(-c2ccc3c(c2)N(c2c(-c4ccccc4)cc(C(C)(C)C)cc2-c2ccccc2)c2cc(-n4c5ccc(C(C)(C)C)cc5c5cc(C(C)(C)C)ccc54)cc4c2B3c2ccc(-n3c5c([2H])c([2H])c([2H])c([2H])c5c5c([2H])c([2H])c([2H])c([2H])c53)cc2N4c2cc(C#N)cc(-n3c4ccccc4c4ccccc43)c2)c([2H])c1[2H]. The molecular weight excluding hydrogens is 1260 g/mol. The highest BCUT2D eigenvalue weighted by molar-refractivity contribution is 7.00. The third-order valence-corrected chi connectivity index (χ3v) is 21.4. The summed E-state index contributed by atoms with van der Waals surface area (Å²) in [5.74, 6) is 0. The van der Waals surface area contributed by atoms with Gasteiger partial charge in [-0.15, -0.1) is 0 Å². The number of nitriles is 1. The van der Waals surface area contributed by atoms with E-state index in [1.54, 1.807) is 4.57 Å². The summed E-state index contributed by atoms with van der Waals surface area (Å²) in [6.07, 6.45) is 0. The molecule has 0 atom stereocenters. The van der Waals surface area contributed by atoms with Crippen LogP contribution in [0.2, 0.25) is 0 Å². The minimum Gasteiger partial charge on any atom is -0.311 e. The molecule has 498 valence electrons. The normalized spacial score (nSPS) is 14.7. The number of hydrogen-bond acceptors (Lipinski definition) is 3. The van der Waals surface area contributed by atoms with Gasteiger partial charge in [-0.1, -0.05) is 256 Å². The molecule has 19 rings (SSSR count). The van der Waals surface area contributed by atoms with E-state index in [0.29, 0.717) is 50.7 Å². The van der Waals surface area contributed by atoms with Gasteiger partial charge in [-0.05, 0) is 181 Å². The molecule has 14 aromatic carbocycles. The molecule has 0 spiro atoms. The van der Waals surface area contributed by atoms with E-state index in [9.17, 15) is 19.0 Å². The van der Waals surface area contributed by atoms with Gasteiger partial charge in [-0.2, -0.15) is 5.26 Å². The van der Waals surface area contributed by atoms with Crippen molar-refractivity contribution in [2.24, 2.45) is 0 Å². The Hall–Kier alpha value is -12.4. The zero-order valence-electron chi connectivity index (χ0n) is 72.1. The van der Waals surface area contributed by atoms with Gasteiger partial charge in [0.2, 0.25) is 0 Å². The van der Waals surface area contributed by atoms with Crippen LogP contribution < -0.4 is 26.2 Å². The first-order valence-corrected chi connectivity index (χ1v) is 35.4. The maximum Gasteiger partial charge on any atom is 0.252 e. The van der Waals surface area contributed by atoms with Crippen LogP contribution in [0.1, 0.15) is 102 Å². The van der Waals surface area contributed by atoms with Crippen molar-refractivity contribution in [1.29, 1.82) is 5.26 Å². The minimum absolute atomic E-state index is 0.00609. The van der Waals surface area contributed by atoms with Crippen molar-refractivity contribution in [3.8, 4) is 56.5 Å². The van der Waals surface area contributed by atoms with E-state index in [-0.39, 0.29) is 56.0 Å². The largest absolute Gasteiger partial charge is 0.311 e. The van der Waals surface area contributed by atoms with Crippen LogP contribution in [0, 0.1) is 11.3 Å². The van der Waals surface area contributed by atoms with Crippen LogP contribution in [-0.2, 0) is 16.2 Å². The molecule has 17 aromatic rings. The Kier molecular flexibility index (Phi) is 11.2. The second-order valence-corrected chi connectivity index (χ2v) is 30.7. The third kappa shape index (κ3) is 9.83. The highest BCUT2D eigenvalue weighted by atomic mass is 15.2. The van der Waals surface area contributed by atoms with Gasteiger partial charge in [0.05, 0.1) is 73.9 Å². The van der Waals surface area contributed by atoms with Gasteiger partial charge >= 0.3 is 0 Å². The Morgan fingerprint density at radius 1 is 0.317 bits per heavy atom. The monoisotopic (exact) mass is 1350 g/mol. The van der Waals surface area contributed by atoms with Crippen LogP contribution in [0.5, 0.6) is 0 Å². The van der Waals surface area contributed by atoms with Crippen molar-refractivity contribution in [3.63, 3.8) is 0 Å². The number of anilines is 6. The Bertz CT molecular complexity index is 6990. The van der Waals surface area contributed by atoms with Crippen molar-refractivity contribution in [1.82, 2.24) is 13.7 Å². The van der Waals surface area contributed by atoms with Crippen molar-refractivity contribution < 1.29 is 17.8 Å². The first kappa shape index (κ1) is 50.1. The average Bonchev–Trinajstić information content (AvgIpc) is 1.53. The molecule has 0 aliphatic carbocycles. The van der Waals surface area contributed by atoms with Crippen LogP contribution in [0.15, 0.2) is 303 Å². The van der Waals surface area contributed by atoms with Gasteiger partial charge in [0.25, 0.3) is 6.71 Å². The van der Waals surface area contributed by atoms with E-state index in [1.807, 2.05) is 109 Å². The number of rotatable bonds is 8. The summed E-state index contributed by atoms with van der Waals surface area (Å²) >= 11 is 0. The summed E-state index contributed by atoms with van der Waals surface area (Å²) in [6, 6.07) is 73.3. The maximum absolute atomic E-state index is 11.8. The highest BCUT2D eigenvalue weighted by Crippen LogP contribution is 2.54. The van der Waals surface area contributed by atoms with Gasteiger partial charge in [-0.25, -0.2) is 0 Å². The van der Waals surface area contributed by atoms with Crippen molar-refractivity contribution in [2.75, 3.05) is 9.80 Å². The predicted molar refractivity (Wildman–Crippen MR) is 441 cm³/mol. The van der Waals surface area contributed by atoms with Gasteiger partial charge in [0.1, 0.15) is 0 Å². The molecule has 3 aromatic heterocycles. The number of aromatic nitrogens is 3. The predicted octanol–water partition coefficient (Wildman–Crippen LogP) is 23.8. The van der Waals surface area contributed by atoms with Crippen LogP contribution in [0.25, 0.3) is 116 Å². The van der Waals surface area contributed by atoms with Crippen LogP contribution in [0.4, 0.5) is 34.1 Å². The third-order valence-electron chi connectivity index (χ3n) is 21.4. The number of hydrogen-bond donors (Lipinski definition) is 0. The molecule has 0 radical (unpaired) electrons. The molecule has 2 aliphatic rings. The average molecular weight is 1350 g/mol. The smallest absolute Gasteiger partial charge is 0.252 e. The molecule has 0 N–H and O–H groups in total. The quantitative estimate of drug-likeness (QED) is 0.142. The van der Waals surface area contributed by atoms with Gasteiger partial charge in [0.15, 0.2) is 0 Å². The molecule has 0 bridgehead atoms. The Balaban J connectivity index is 1.04. The highest BCUT2D eigenvalue weighted by Gasteiger charge is 2.46. The van der Waals surface area contributed by atoms with Gasteiger partial charge < -0.3 is 23.5 Å². The molecule has 104 heavy (non-hydrogen) atoms. The van der Waals surface area contributed by atoms with E-state index in [1.165, 1.54) is 0 Å². The van der Waals surface area contributed by atoms with Gasteiger partial charge in [0, 0.05) is 83.3 Å². The summed E-state index contributed by atoms with van der Waals surface area (Å²) in [5.41, 5.74) is 17.9. The van der Waals surface area contributed by atoms with Gasteiger partial charge in [-0.3, -0.25) is 0 Å². The van der Waals surface area contributed by atoms with Crippen LogP contribution in [-0.4, -0.2) is 20.4 Å². The lowest BCUT2D eigenvalue weighted by Crippen LogP contribution is -2.61. The van der Waals surface area contributed by atoms with Crippen LogP contribution >= 0.6 is 0 Å². The van der Waals surface area contributed by atoms with E-state index in [4.69, 9.17) is 4.11 Å². The fraction of sp³-hybridized carbons (Fsp3) is 0.124. The minimum atomic E-state index is -0.774. The van der Waals surface area contributed by atoms with Crippen molar-refractivity contribution >= 4 is 123 Å². The lowest BCUT2D eigenvalue weighted by atomic mass is 9.33. The van der Waals surface area contributed by atoms with Crippen LogP contribution in [0.3, 0.4) is 0 Å². The number of benzene rings is 14. The number of fused-ring (bicyclic) bond motifs is 13. The molecule has 2 aliphatic heterocycles. The standard InChI is InChI=1S/C97H77BN6/c1-95(2,3)66-42-47-87-79(52-66)80-53-67(96(4,5)6)43-48-88(80)102(87)72-58-91-93-92(59-72)104(94-77(63-29-15-11-16-30-63)54-68(97(7,8)9)55-78(94)64-31-17-12-18-32-64)89-51-65(62-27-13-10-14-28-62)41-45-81(89)98(93)82-46-44-69(100-83-37-23-19-33-73(83)74-34-20-24-38-84(74)100)57-90(82)103(91)71-50-61(60-99)49-70(56-71)101-85-39-25-21-35-75(85)76-36-22-26-40-86(76)101/h10-59H,1-9H3/i10D,13D,14D,19D,20D,23D,24D,27D,28D,33D,34D,37D,38D. The van der Waals surface area contributed by atoms with E-state index >= 15 is 0 Å². The van der Waals surface area contributed by atoms with E-state index in [2.05, 4.69) is 203 Å². The summed E-state index contributed by atoms with van der Waals surface area (Å²) < 4.78 is 128. The summed E-state index contributed by atoms with van der Waals surface area (Å²) in [5, 5.41) is 15.7. The second-order valence-electron chi connectivity index (χ2n) is 30.7. The first-order valence-electron chi connectivity index (χ1n) is 41.9. The van der Waals surface area contributed by atoms with Crippen molar-refractivity contribution in [3.05, 3.63) is 325 Å². The lowest BCUT2D eigenvalue weighted by Gasteiger charge is -2.45. The van der Waals surface area contributed by atoms with Crippen molar-refractivity contribution in [2.45, 2.75) is 78.6 Å². The van der Waals surface area contributed by atoms with E-state index in [0.717, 1.165) is 105 Å². The Morgan fingerprint density at radius 3 is 1.32 bits per heavy atom. The molecular formula is C97H77BN6. The van der Waals surface area contributed by atoms with E-state index < -0.39 is 78.6 Å². The fourth-order valence-corrected chi connectivity index (χ4v) is 16.3. The second kappa shape index (κ2) is 23.3. The molecule has 6 nitrogen and oxygen atoms in total. The molecule has 0 fully saturated rings. The molecule has 0 saturated heterocycles. The summed E-state index contributed by atoms with van der Waals surface area (Å²) in [6.45, 7) is 19.2. The first-order chi connectivity index (χ1) is 55.8. The summed E-state index contributed by atoms with van der Waals surface area (Å²) in [4.78, 5) is 4.51. The molecule has 0 amide bonds. The molecule has 5 heterocycles. The fourth-order valence-electron chi connectivity index (χ4n) is 16.3. The number of nitrogens with zero attached hydrogens (tertiary/aromatic N) is 6. The number of para-hydroxylation sites is 4. The zero-order valence-corrected chi connectivity index (χ0v) is 59.1. The molecule has 7 heteroatoms. The lowest BCUT2D eigenvalue weighted by molar-refractivity contribution is 0.590. The zero-order chi connectivity index (χ0) is 82.0. The molecule has 0 unspecified atom stereocenters. The topological polar surface area (TPSA) is 45.1 Å². The Morgan fingerprint density at radius 2 is 0.769 bits per heavy atom. The molecule has 0 saturated carbocycles. The maximum atomic E-state index is 11.8. The summed E-state index contributed by atoms with van der Waals surface area (Å²) in [7, 11) is 0.